The van der Waals surface area contributed by atoms with Crippen molar-refractivity contribution in [3.63, 3.8) is 0 Å². The van der Waals surface area contributed by atoms with E-state index in [2.05, 4.69) is 152 Å². The molecular weight excluding hydrogens is 589 g/mol. The topological polar surface area (TPSA) is 25.8 Å². The first-order valence-corrected chi connectivity index (χ1v) is 16.7. The first-order valence-electron chi connectivity index (χ1n) is 15.9. The predicted molar refractivity (Wildman–Crippen MR) is 201 cm³/mol. The van der Waals surface area contributed by atoms with Crippen LogP contribution in [0.25, 0.3) is 97.0 Å². The summed E-state index contributed by atoms with van der Waals surface area (Å²) in [5.74, 6) is 0. The van der Waals surface area contributed by atoms with Crippen molar-refractivity contribution in [1.29, 1.82) is 0 Å². The standard InChI is InChI=1S/C44H26N2S/c1-2-13-32-27(9-1)10-8-18-33(32)30-20-22-42-39(25-30)38-24-29(19-21-41(38)47-42)28-11-7-12-31(23-28)40-26-45-43-36-16-5-3-14-34(36)35-15-4-6-17-37(35)44(43)46-40/h1-26H. The molecule has 0 N–H and O–H groups in total. The normalized spacial score (nSPS) is 11.8. The second-order valence-electron chi connectivity index (χ2n) is 12.2. The summed E-state index contributed by atoms with van der Waals surface area (Å²) in [4.78, 5) is 10.2. The Morgan fingerprint density at radius 3 is 1.74 bits per heavy atom. The molecule has 0 spiro atoms. The van der Waals surface area contributed by atoms with Crippen LogP contribution in [0.5, 0.6) is 0 Å². The van der Waals surface area contributed by atoms with Crippen LogP contribution in [0, 0.1) is 0 Å². The monoisotopic (exact) mass is 614 g/mol. The summed E-state index contributed by atoms with van der Waals surface area (Å²) in [5.41, 5.74) is 8.69. The lowest BCUT2D eigenvalue weighted by molar-refractivity contribution is 1.31. The summed E-state index contributed by atoms with van der Waals surface area (Å²) in [6.07, 6.45) is 1.92. The fourth-order valence-corrected chi connectivity index (χ4v) is 8.29. The molecule has 10 aromatic rings. The van der Waals surface area contributed by atoms with Crippen LogP contribution in [0.3, 0.4) is 0 Å². The summed E-state index contributed by atoms with van der Waals surface area (Å²) in [6.45, 7) is 0. The molecule has 8 aromatic carbocycles. The molecule has 0 atom stereocenters. The van der Waals surface area contributed by atoms with Gasteiger partial charge in [0.05, 0.1) is 22.9 Å². The van der Waals surface area contributed by atoms with Crippen LogP contribution >= 0.6 is 11.3 Å². The van der Waals surface area contributed by atoms with Gasteiger partial charge in [-0.05, 0) is 74.1 Å². The van der Waals surface area contributed by atoms with Gasteiger partial charge in [0.1, 0.15) is 0 Å². The summed E-state index contributed by atoms with van der Waals surface area (Å²) >= 11 is 1.86. The van der Waals surface area contributed by atoms with Crippen molar-refractivity contribution in [3.05, 3.63) is 158 Å². The van der Waals surface area contributed by atoms with Crippen molar-refractivity contribution in [2.45, 2.75) is 0 Å². The Bertz CT molecular complexity index is 2820. The van der Waals surface area contributed by atoms with Crippen LogP contribution in [0.15, 0.2) is 158 Å². The summed E-state index contributed by atoms with van der Waals surface area (Å²) in [7, 11) is 0. The number of fused-ring (bicyclic) bond motifs is 10. The Kier molecular flexibility index (Phi) is 5.78. The van der Waals surface area contributed by atoms with E-state index in [-0.39, 0.29) is 0 Å². The van der Waals surface area contributed by atoms with Crippen LogP contribution in [-0.4, -0.2) is 9.97 Å². The van der Waals surface area contributed by atoms with Crippen molar-refractivity contribution in [1.82, 2.24) is 9.97 Å². The minimum Gasteiger partial charge on any atom is -0.252 e. The predicted octanol–water partition coefficient (Wildman–Crippen LogP) is 12.5. The van der Waals surface area contributed by atoms with Crippen LogP contribution < -0.4 is 0 Å². The van der Waals surface area contributed by atoms with E-state index in [1.54, 1.807) is 0 Å². The van der Waals surface area contributed by atoms with E-state index < -0.39 is 0 Å². The van der Waals surface area contributed by atoms with E-state index in [4.69, 9.17) is 9.97 Å². The smallest absolute Gasteiger partial charge is 0.0979 e. The average Bonchev–Trinajstić information content (AvgIpc) is 3.52. The van der Waals surface area contributed by atoms with E-state index in [1.807, 2.05) is 17.5 Å². The Balaban J connectivity index is 1.10. The fraction of sp³-hybridized carbons (Fsp3) is 0. The highest BCUT2D eigenvalue weighted by molar-refractivity contribution is 7.25. The minimum absolute atomic E-state index is 0.876. The lowest BCUT2D eigenvalue weighted by atomic mass is 9.96. The second-order valence-corrected chi connectivity index (χ2v) is 13.3. The zero-order valence-corrected chi connectivity index (χ0v) is 26.1. The molecule has 0 amide bonds. The molecule has 10 rings (SSSR count). The van der Waals surface area contributed by atoms with Crippen molar-refractivity contribution >= 4 is 74.9 Å². The van der Waals surface area contributed by atoms with Gasteiger partial charge >= 0.3 is 0 Å². The summed E-state index contributed by atoms with van der Waals surface area (Å²) < 4.78 is 2.61. The molecule has 3 heteroatoms. The van der Waals surface area contributed by atoms with E-state index in [9.17, 15) is 0 Å². The molecule has 2 aromatic heterocycles. The fourth-order valence-electron chi connectivity index (χ4n) is 7.22. The number of aromatic nitrogens is 2. The number of rotatable bonds is 3. The van der Waals surface area contributed by atoms with E-state index in [1.165, 1.54) is 64.0 Å². The van der Waals surface area contributed by atoms with Crippen molar-refractivity contribution < 1.29 is 0 Å². The Morgan fingerprint density at radius 2 is 0.957 bits per heavy atom. The number of hydrogen-bond donors (Lipinski definition) is 0. The van der Waals surface area contributed by atoms with E-state index >= 15 is 0 Å². The maximum atomic E-state index is 5.24. The Morgan fingerprint density at radius 1 is 0.383 bits per heavy atom. The van der Waals surface area contributed by atoms with Crippen LogP contribution in [0.4, 0.5) is 0 Å². The third-order valence-electron chi connectivity index (χ3n) is 9.49. The first-order chi connectivity index (χ1) is 23.3. The lowest BCUT2D eigenvalue weighted by Gasteiger charge is -2.11. The Hall–Kier alpha value is -5.90. The largest absolute Gasteiger partial charge is 0.252 e. The quantitative estimate of drug-likeness (QED) is 0.185. The molecule has 47 heavy (non-hydrogen) atoms. The van der Waals surface area contributed by atoms with E-state index in [0.29, 0.717) is 0 Å². The minimum atomic E-state index is 0.876. The lowest BCUT2D eigenvalue weighted by Crippen LogP contribution is -1.92. The maximum absolute atomic E-state index is 5.24. The molecule has 0 aliphatic rings. The van der Waals surface area contributed by atoms with Crippen molar-refractivity contribution in [2.75, 3.05) is 0 Å². The molecule has 0 aliphatic heterocycles. The molecular formula is C44H26N2S. The molecule has 0 aliphatic carbocycles. The zero-order valence-electron chi connectivity index (χ0n) is 25.3. The molecule has 0 fully saturated rings. The van der Waals surface area contributed by atoms with Gasteiger partial charge in [-0.25, -0.2) is 4.98 Å². The summed E-state index contributed by atoms with van der Waals surface area (Å²) in [6, 6.07) is 54.7. The van der Waals surface area contributed by atoms with Crippen molar-refractivity contribution in [3.8, 4) is 33.5 Å². The first kappa shape index (κ1) is 26.3. The molecule has 2 nitrogen and oxygen atoms in total. The van der Waals surface area contributed by atoms with Gasteiger partial charge in [-0.2, -0.15) is 0 Å². The van der Waals surface area contributed by atoms with Gasteiger partial charge in [-0.1, -0.05) is 121 Å². The van der Waals surface area contributed by atoms with Gasteiger partial charge in [0.15, 0.2) is 0 Å². The highest BCUT2D eigenvalue weighted by Crippen LogP contribution is 2.40. The molecule has 0 saturated carbocycles. The third kappa shape index (κ3) is 4.17. The van der Waals surface area contributed by atoms with Gasteiger partial charge in [0.2, 0.25) is 0 Å². The van der Waals surface area contributed by atoms with Gasteiger partial charge in [0.25, 0.3) is 0 Å². The highest BCUT2D eigenvalue weighted by atomic mass is 32.1. The maximum Gasteiger partial charge on any atom is 0.0979 e. The van der Waals surface area contributed by atoms with Gasteiger partial charge in [-0.15, -0.1) is 11.3 Å². The SMILES string of the molecule is c1cc(-c2ccc3sc4ccc(-c5cccc6ccccc56)cc4c3c2)cc(-c2cnc3c4ccccc4c4ccccc4c3n2)c1. The zero-order chi connectivity index (χ0) is 30.9. The van der Waals surface area contributed by atoms with Gasteiger partial charge < -0.3 is 0 Å². The number of nitrogens with zero attached hydrogens (tertiary/aromatic N) is 2. The number of benzene rings is 8. The molecule has 0 saturated heterocycles. The molecule has 0 bridgehead atoms. The number of thiophene rings is 1. The van der Waals surface area contributed by atoms with Gasteiger partial charge in [-0.3, -0.25) is 4.98 Å². The van der Waals surface area contributed by atoms with Crippen LogP contribution in [0.2, 0.25) is 0 Å². The molecule has 0 radical (unpaired) electrons. The molecule has 218 valence electrons. The summed E-state index contributed by atoms with van der Waals surface area (Å²) in [5, 5.41) is 9.81. The van der Waals surface area contributed by atoms with Gasteiger partial charge in [0, 0.05) is 36.5 Å². The molecule has 2 heterocycles. The average molecular weight is 615 g/mol. The third-order valence-corrected chi connectivity index (χ3v) is 10.6. The van der Waals surface area contributed by atoms with Crippen LogP contribution in [0.1, 0.15) is 0 Å². The Labute approximate surface area is 275 Å². The molecule has 0 unspecified atom stereocenters. The van der Waals surface area contributed by atoms with E-state index in [0.717, 1.165) is 33.1 Å². The highest BCUT2D eigenvalue weighted by Gasteiger charge is 2.14. The van der Waals surface area contributed by atoms with Crippen LogP contribution in [-0.2, 0) is 0 Å². The second kappa shape index (κ2) is 10.3. The number of hydrogen-bond acceptors (Lipinski definition) is 3. The van der Waals surface area contributed by atoms with Crippen molar-refractivity contribution in [2.24, 2.45) is 0 Å².